The van der Waals surface area contributed by atoms with Gasteiger partial charge in [0.05, 0.1) is 0 Å². The van der Waals surface area contributed by atoms with Gasteiger partial charge in [0.15, 0.2) is 0 Å². The molecule has 0 radical (unpaired) electrons. The average Bonchev–Trinajstić information content (AvgIpc) is 2.35. The van der Waals surface area contributed by atoms with E-state index in [2.05, 4.69) is 70.9 Å². The summed E-state index contributed by atoms with van der Waals surface area (Å²) in [5.74, 6) is 0. The maximum atomic E-state index is 6.32. The number of benzene rings is 1. The normalized spacial score (nSPS) is 14.5. The van der Waals surface area contributed by atoms with E-state index in [0.717, 1.165) is 18.1 Å². The molecule has 0 amide bonds. The first kappa shape index (κ1) is 18.5. The molecule has 1 atom stereocenters. The highest BCUT2D eigenvalue weighted by atomic mass is 35.5. The molecule has 21 heavy (non-hydrogen) atoms. The van der Waals surface area contributed by atoms with Crippen molar-refractivity contribution in [3.05, 3.63) is 34.9 Å². The first-order chi connectivity index (χ1) is 9.52. The van der Waals surface area contributed by atoms with E-state index in [1.165, 1.54) is 5.56 Å². The van der Waals surface area contributed by atoms with Gasteiger partial charge >= 0.3 is 0 Å². The summed E-state index contributed by atoms with van der Waals surface area (Å²) in [5, 5.41) is 4.45. The third kappa shape index (κ3) is 6.37. The molecule has 120 valence electrons. The SMILES string of the molecule is CC(c1ccccc1Cl)N(C)CC(C)(C)CNC(C)(C)C. The van der Waals surface area contributed by atoms with Crippen LogP contribution < -0.4 is 5.32 Å². The molecule has 0 aliphatic heterocycles. The van der Waals surface area contributed by atoms with Crippen molar-refractivity contribution >= 4 is 11.6 Å². The van der Waals surface area contributed by atoms with E-state index in [9.17, 15) is 0 Å². The van der Waals surface area contributed by atoms with E-state index < -0.39 is 0 Å². The minimum absolute atomic E-state index is 0.157. The van der Waals surface area contributed by atoms with Gasteiger partial charge in [-0.2, -0.15) is 0 Å². The summed E-state index contributed by atoms with van der Waals surface area (Å²) in [4.78, 5) is 2.38. The van der Waals surface area contributed by atoms with Gasteiger partial charge < -0.3 is 5.32 Å². The Hall–Kier alpha value is -0.570. The van der Waals surface area contributed by atoms with Crippen molar-refractivity contribution in [1.29, 1.82) is 0 Å². The summed E-state index contributed by atoms with van der Waals surface area (Å²) in [5.41, 5.74) is 1.56. The molecular formula is C18H31ClN2. The van der Waals surface area contributed by atoms with Gasteiger partial charge in [-0.1, -0.05) is 43.6 Å². The first-order valence-corrected chi connectivity index (χ1v) is 8.09. The van der Waals surface area contributed by atoms with Crippen LogP contribution in [0.4, 0.5) is 0 Å². The van der Waals surface area contributed by atoms with Crippen molar-refractivity contribution in [2.45, 2.75) is 53.1 Å². The Balaban J connectivity index is 2.67. The summed E-state index contributed by atoms with van der Waals surface area (Å²) in [6.45, 7) is 15.5. The zero-order valence-corrected chi connectivity index (χ0v) is 15.4. The predicted octanol–water partition coefficient (Wildman–Crippen LogP) is 4.75. The topological polar surface area (TPSA) is 15.3 Å². The number of halogens is 1. The molecular weight excluding hydrogens is 280 g/mol. The Labute approximate surface area is 135 Å². The molecule has 1 aromatic rings. The van der Waals surface area contributed by atoms with Crippen LogP contribution in [0.5, 0.6) is 0 Å². The lowest BCUT2D eigenvalue weighted by Crippen LogP contribution is -2.46. The lowest BCUT2D eigenvalue weighted by Gasteiger charge is -2.36. The summed E-state index contributed by atoms with van der Waals surface area (Å²) in [6, 6.07) is 8.43. The zero-order chi connectivity index (χ0) is 16.3. The fourth-order valence-corrected chi connectivity index (χ4v) is 2.72. The molecule has 0 bridgehead atoms. The molecule has 1 unspecified atom stereocenters. The van der Waals surface area contributed by atoms with Gasteiger partial charge in [0, 0.05) is 29.7 Å². The van der Waals surface area contributed by atoms with Crippen LogP contribution in [-0.4, -0.2) is 30.6 Å². The second-order valence-corrected chi connectivity index (χ2v) is 8.29. The standard InChI is InChI=1S/C18H31ClN2/c1-14(15-10-8-9-11-16(15)19)21(7)13-18(5,6)12-20-17(2,3)4/h8-11,14,20H,12-13H2,1-7H3. The van der Waals surface area contributed by atoms with E-state index in [0.29, 0.717) is 6.04 Å². The van der Waals surface area contributed by atoms with Gasteiger partial charge in [0.2, 0.25) is 0 Å². The Morgan fingerprint density at radius 2 is 1.71 bits per heavy atom. The van der Waals surface area contributed by atoms with Crippen molar-refractivity contribution in [2.75, 3.05) is 20.1 Å². The van der Waals surface area contributed by atoms with E-state index in [4.69, 9.17) is 11.6 Å². The molecule has 0 heterocycles. The highest BCUT2D eigenvalue weighted by molar-refractivity contribution is 6.31. The molecule has 0 aromatic heterocycles. The molecule has 0 saturated carbocycles. The third-order valence-corrected chi connectivity index (χ3v) is 4.14. The van der Waals surface area contributed by atoms with Gasteiger partial charge in [-0.05, 0) is 51.8 Å². The van der Waals surface area contributed by atoms with E-state index >= 15 is 0 Å². The molecule has 0 aliphatic carbocycles. The molecule has 0 spiro atoms. The van der Waals surface area contributed by atoms with Crippen molar-refractivity contribution in [1.82, 2.24) is 10.2 Å². The first-order valence-electron chi connectivity index (χ1n) is 7.71. The molecule has 1 N–H and O–H groups in total. The summed E-state index contributed by atoms with van der Waals surface area (Å²) >= 11 is 6.32. The lowest BCUT2D eigenvalue weighted by atomic mass is 9.90. The highest BCUT2D eigenvalue weighted by Gasteiger charge is 2.25. The van der Waals surface area contributed by atoms with Crippen molar-refractivity contribution in [3.63, 3.8) is 0 Å². The van der Waals surface area contributed by atoms with Crippen LogP contribution in [-0.2, 0) is 0 Å². The molecule has 0 saturated heterocycles. The van der Waals surface area contributed by atoms with Crippen LogP contribution in [0.1, 0.15) is 53.1 Å². The Morgan fingerprint density at radius 3 is 2.24 bits per heavy atom. The van der Waals surface area contributed by atoms with Gasteiger partial charge in [0.1, 0.15) is 0 Å². The van der Waals surface area contributed by atoms with Crippen LogP contribution in [0, 0.1) is 5.41 Å². The van der Waals surface area contributed by atoms with Gasteiger partial charge in [-0.3, -0.25) is 4.90 Å². The molecule has 1 aromatic carbocycles. The van der Waals surface area contributed by atoms with Crippen LogP contribution in [0.15, 0.2) is 24.3 Å². The molecule has 2 nitrogen and oxygen atoms in total. The Morgan fingerprint density at radius 1 is 1.14 bits per heavy atom. The number of hydrogen-bond donors (Lipinski definition) is 1. The van der Waals surface area contributed by atoms with Crippen molar-refractivity contribution in [3.8, 4) is 0 Å². The van der Waals surface area contributed by atoms with E-state index in [1.807, 2.05) is 12.1 Å². The van der Waals surface area contributed by atoms with E-state index in [1.54, 1.807) is 0 Å². The zero-order valence-electron chi connectivity index (χ0n) is 14.6. The third-order valence-electron chi connectivity index (χ3n) is 3.79. The van der Waals surface area contributed by atoms with Crippen LogP contribution in [0.2, 0.25) is 5.02 Å². The Bertz CT molecular complexity index is 449. The summed E-state index contributed by atoms with van der Waals surface area (Å²) < 4.78 is 0. The molecule has 0 fully saturated rings. The largest absolute Gasteiger partial charge is 0.311 e. The summed E-state index contributed by atoms with van der Waals surface area (Å²) in [7, 11) is 2.17. The maximum absolute atomic E-state index is 6.32. The van der Waals surface area contributed by atoms with Gasteiger partial charge in [0.25, 0.3) is 0 Å². The highest BCUT2D eigenvalue weighted by Crippen LogP contribution is 2.28. The second kappa shape index (κ2) is 7.13. The predicted molar refractivity (Wildman–Crippen MR) is 94.0 cm³/mol. The number of hydrogen-bond acceptors (Lipinski definition) is 2. The average molecular weight is 311 g/mol. The van der Waals surface area contributed by atoms with Crippen molar-refractivity contribution < 1.29 is 0 Å². The smallest absolute Gasteiger partial charge is 0.0453 e. The van der Waals surface area contributed by atoms with Crippen LogP contribution in [0.3, 0.4) is 0 Å². The second-order valence-electron chi connectivity index (χ2n) is 7.88. The molecule has 3 heteroatoms. The van der Waals surface area contributed by atoms with Gasteiger partial charge in [-0.25, -0.2) is 0 Å². The quantitative estimate of drug-likeness (QED) is 0.816. The fourth-order valence-electron chi connectivity index (χ4n) is 2.42. The van der Waals surface area contributed by atoms with E-state index in [-0.39, 0.29) is 11.0 Å². The monoisotopic (exact) mass is 310 g/mol. The maximum Gasteiger partial charge on any atom is 0.0453 e. The van der Waals surface area contributed by atoms with Gasteiger partial charge in [-0.15, -0.1) is 0 Å². The number of nitrogens with one attached hydrogen (secondary N) is 1. The minimum Gasteiger partial charge on any atom is -0.311 e. The number of rotatable bonds is 6. The van der Waals surface area contributed by atoms with Crippen LogP contribution >= 0.6 is 11.6 Å². The fraction of sp³-hybridized carbons (Fsp3) is 0.667. The minimum atomic E-state index is 0.157. The van der Waals surface area contributed by atoms with Crippen LogP contribution in [0.25, 0.3) is 0 Å². The summed E-state index contributed by atoms with van der Waals surface area (Å²) in [6.07, 6.45) is 0. The molecule has 0 aliphatic rings. The van der Waals surface area contributed by atoms with Crippen molar-refractivity contribution in [2.24, 2.45) is 5.41 Å². The molecule has 1 rings (SSSR count). The lowest BCUT2D eigenvalue weighted by molar-refractivity contribution is 0.158. The Kier molecular flexibility index (Phi) is 6.27. The number of nitrogens with zero attached hydrogens (tertiary/aromatic N) is 1.